The molecule has 1 aliphatic carbocycles. The molecule has 0 bridgehead atoms. The summed E-state index contributed by atoms with van der Waals surface area (Å²) in [4.78, 5) is 16.4. The fourth-order valence-corrected chi connectivity index (χ4v) is 3.40. The summed E-state index contributed by atoms with van der Waals surface area (Å²) in [5.41, 5.74) is 2.01. The van der Waals surface area contributed by atoms with Crippen molar-refractivity contribution in [3.63, 3.8) is 0 Å². The van der Waals surface area contributed by atoms with Crippen LogP contribution in [0.2, 0.25) is 0 Å². The highest BCUT2D eigenvalue weighted by molar-refractivity contribution is 5.93. The van der Waals surface area contributed by atoms with Gasteiger partial charge in [-0.25, -0.2) is 0 Å². The third-order valence-corrected chi connectivity index (χ3v) is 4.90. The topological polar surface area (TPSA) is 77.2 Å². The zero-order chi connectivity index (χ0) is 19.2. The van der Waals surface area contributed by atoms with Gasteiger partial charge in [0, 0.05) is 30.6 Å². The van der Waals surface area contributed by atoms with Crippen molar-refractivity contribution in [2.45, 2.75) is 44.8 Å². The van der Waals surface area contributed by atoms with Gasteiger partial charge in [0.15, 0.2) is 11.5 Å². The largest absolute Gasteiger partial charge is 0.490 e. The van der Waals surface area contributed by atoms with E-state index in [1.54, 1.807) is 24.5 Å². The number of pyridine rings is 1. The summed E-state index contributed by atoms with van der Waals surface area (Å²) in [6.07, 6.45) is 9.66. The number of nitrogens with one attached hydrogen (secondary N) is 1. The van der Waals surface area contributed by atoms with E-state index in [1.165, 1.54) is 19.3 Å². The van der Waals surface area contributed by atoms with Crippen LogP contribution in [0.15, 0.2) is 59.4 Å². The standard InChI is InChI=1S/C22H23N3O3/c26-22(20-13-21(28-25-20)17-7-5-11-23-15-17)24-14-16-6-4-10-19(12-16)27-18-8-2-1-3-9-18/h4-7,10-13,15,18H,1-3,8-9,14H2,(H,24,26). The number of rotatable bonds is 6. The highest BCUT2D eigenvalue weighted by Crippen LogP contribution is 2.24. The second kappa shape index (κ2) is 8.69. The van der Waals surface area contributed by atoms with Crippen LogP contribution in [0.25, 0.3) is 11.3 Å². The molecule has 6 nitrogen and oxygen atoms in total. The first kappa shape index (κ1) is 18.2. The summed E-state index contributed by atoms with van der Waals surface area (Å²) in [5.74, 6) is 1.09. The SMILES string of the molecule is O=C(NCc1cccc(OC2CCCCC2)c1)c1cc(-c2cccnc2)on1. The number of benzene rings is 1. The van der Waals surface area contributed by atoms with Crippen molar-refractivity contribution >= 4 is 5.91 Å². The molecule has 0 aliphatic heterocycles. The second-order valence-corrected chi connectivity index (χ2v) is 7.03. The van der Waals surface area contributed by atoms with Crippen molar-refractivity contribution in [2.75, 3.05) is 0 Å². The third kappa shape index (κ3) is 4.57. The summed E-state index contributed by atoms with van der Waals surface area (Å²) in [6, 6.07) is 13.2. The summed E-state index contributed by atoms with van der Waals surface area (Å²) >= 11 is 0. The molecule has 6 heteroatoms. The molecular weight excluding hydrogens is 354 g/mol. The molecule has 144 valence electrons. The van der Waals surface area contributed by atoms with Gasteiger partial charge in [0.05, 0.1) is 6.10 Å². The van der Waals surface area contributed by atoms with Crippen LogP contribution in [0, 0.1) is 0 Å². The number of aromatic nitrogens is 2. The number of amides is 1. The molecule has 2 heterocycles. The Morgan fingerprint density at radius 2 is 2.04 bits per heavy atom. The van der Waals surface area contributed by atoms with Gasteiger partial charge in [-0.3, -0.25) is 9.78 Å². The minimum Gasteiger partial charge on any atom is -0.490 e. The smallest absolute Gasteiger partial charge is 0.273 e. The summed E-state index contributed by atoms with van der Waals surface area (Å²) in [5, 5.41) is 6.74. The monoisotopic (exact) mass is 377 g/mol. The van der Waals surface area contributed by atoms with Crippen LogP contribution < -0.4 is 10.1 Å². The van der Waals surface area contributed by atoms with Crippen LogP contribution in [0.3, 0.4) is 0 Å². The normalized spacial score (nSPS) is 14.6. The molecule has 1 aromatic carbocycles. The molecule has 0 atom stereocenters. The Kier molecular flexibility index (Phi) is 5.66. The van der Waals surface area contributed by atoms with E-state index in [-0.39, 0.29) is 11.6 Å². The van der Waals surface area contributed by atoms with Crippen LogP contribution in [0.4, 0.5) is 0 Å². The Labute approximate surface area is 163 Å². The second-order valence-electron chi connectivity index (χ2n) is 7.03. The van der Waals surface area contributed by atoms with Crippen molar-refractivity contribution in [2.24, 2.45) is 0 Å². The van der Waals surface area contributed by atoms with Crippen molar-refractivity contribution < 1.29 is 14.1 Å². The van der Waals surface area contributed by atoms with Crippen molar-refractivity contribution in [3.05, 3.63) is 66.1 Å². The lowest BCUT2D eigenvalue weighted by Crippen LogP contribution is -2.23. The Morgan fingerprint density at radius 3 is 2.86 bits per heavy atom. The Balaban J connectivity index is 1.34. The molecule has 4 rings (SSSR count). The quantitative estimate of drug-likeness (QED) is 0.690. The van der Waals surface area contributed by atoms with E-state index < -0.39 is 0 Å². The summed E-state index contributed by atoms with van der Waals surface area (Å²) in [7, 11) is 0. The highest BCUT2D eigenvalue weighted by Gasteiger charge is 2.16. The molecule has 0 radical (unpaired) electrons. The zero-order valence-corrected chi connectivity index (χ0v) is 15.6. The molecule has 28 heavy (non-hydrogen) atoms. The fraction of sp³-hybridized carbons (Fsp3) is 0.318. The third-order valence-electron chi connectivity index (χ3n) is 4.90. The number of nitrogens with zero attached hydrogens (tertiary/aromatic N) is 2. The Hall–Kier alpha value is -3.15. The minimum absolute atomic E-state index is 0.244. The predicted molar refractivity (Wildman–Crippen MR) is 105 cm³/mol. The summed E-state index contributed by atoms with van der Waals surface area (Å²) < 4.78 is 11.4. The Bertz CT molecular complexity index is 918. The van der Waals surface area contributed by atoms with Gasteiger partial charge in [0.2, 0.25) is 0 Å². The van der Waals surface area contributed by atoms with E-state index in [0.717, 1.165) is 29.7 Å². The maximum absolute atomic E-state index is 12.4. The van der Waals surface area contributed by atoms with Gasteiger partial charge in [-0.2, -0.15) is 0 Å². The number of carbonyl (C=O) groups excluding carboxylic acids is 1. The van der Waals surface area contributed by atoms with E-state index in [0.29, 0.717) is 18.4 Å². The molecule has 1 aliphatic rings. The lowest BCUT2D eigenvalue weighted by atomic mass is 9.98. The molecular formula is C22H23N3O3. The average Bonchev–Trinajstić information content (AvgIpc) is 3.24. The first-order valence-electron chi connectivity index (χ1n) is 9.69. The first-order valence-corrected chi connectivity index (χ1v) is 9.69. The molecule has 0 unspecified atom stereocenters. The van der Waals surface area contributed by atoms with E-state index in [4.69, 9.17) is 9.26 Å². The molecule has 1 N–H and O–H groups in total. The van der Waals surface area contributed by atoms with Gasteiger partial charge in [-0.15, -0.1) is 0 Å². The van der Waals surface area contributed by atoms with Crippen molar-refractivity contribution in [1.82, 2.24) is 15.5 Å². The van der Waals surface area contributed by atoms with Crippen molar-refractivity contribution in [3.8, 4) is 17.1 Å². The maximum Gasteiger partial charge on any atom is 0.273 e. The maximum atomic E-state index is 12.4. The highest BCUT2D eigenvalue weighted by atomic mass is 16.5. The first-order chi connectivity index (χ1) is 13.8. The average molecular weight is 377 g/mol. The molecule has 0 saturated heterocycles. The summed E-state index contributed by atoms with van der Waals surface area (Å²) in [6.45, 7) is 0.399. The molecule has 1 amide bonds. The molecule has 1 saturated carbocycles. The number of carbonyl (C=O) groups is 1. The van der Waals surface area contributed by atoms with Crippen molar-refractivity contribution in [1.29, 1.82) is 0 Å². The number of ether oxygens (including phenoxy) is 1. The lowest BCUT2D eigenvalue weighted by Gasteiger charge is -2.23. The molecule has 2 aromatic heterocycles. The van der Waals surface area contributed by atoms with Gasteiger partial charge in [0.25, 0.3) is 5.91 Å². The van der Waals surface area contributed by atoms with E-state index in [1.807, 2.05) is 30.3 Å². The van der Waals surface area contributed by atoms with Gasteiger partial charge < -0.3 is 14.6 Å². The van der Waals surface area contributed by atoms with E-state index in [9.17, 15) is 4.79 Å². The van der Waals surface area contributed by atoms with Crippen LogP contribution >= 0.6 is 0 Å². The zero-order valence-electron chi connectivity index (χ0n) is 15.6. The number of hydrogen-bond acceptors (Lipinski definition) is 5. The van der Waals surface area contributed by atoms with E-state index in [2.05, 4.69) is 15.5 Å². The van der Waals surface area contributed by atoms with Gasteiger partial charge in [-0.1, -0.05) is 23.7 Å². The molecule has 0 spiro atoms. The fourth-order valence-electron chi connectivity index (χ4n) is 3.40. The van der Waals surface area contributed by atoms with Crippen LogP contribution in [-0.4, -0.2) is 22.2 Å². The molecule has 1 fully saturated rings. The van der Waals surface area contributed by atoms with Crippen LogP contribution in [-0.2, 0) is 6.54 Å². The van der Waals surface area contributed by atoms with Gasteiger partial charge >= 0.3 is 0 Å². The number of hydrogen-bond donors (Lipinski definition) is 1. The van der Waals surface area contributed by atoms with Gasteiger partial charge in [0.1, 0.15) is 5.75 Å². The van der Waals surface area contributed by atoms with E-state index >= 15 is 0 Å². The molecule has 3 aromatic rings. The van der Waals surface area contributed by atoms with Crippen LogP contribution in [0.5, 0.6) is 5.75 Å². The van der Waals surface area contributed by atoms with Crippen LogP contribution in [0.1, 0.15) is 48.2 Å². The minimum atomic E-state index is -0.280. The van der Waals surface area contributed by atoms with Gasteiger partial charge in [-0.05, 0) is 55.5 Å². The Morgan fingerprint density at radius 1 is 1.14 bits per heavy atom. The predicted octanol–water partition coefficient (Wildman–Crippen LogP) is 4.38. The lowest BCUT2D eigenvalue weighted by molar-refractivity contribution is 0.0941.